The van der Waals surface area contributed by atoms with Crippen molar-refractivity contribution in [2.75, 3.05) is 30.0 Å². The topological polar surface area (TPSA) is 102 Å². The summed E-state index contributed by atoms with van der Waals surface area (Å²) in [6.07, 6.45) is 5.75. The number of aromatic nitrogens is 2. The van der Waals surface area contributed by atoms with Crippen LogP contribution in [0.25, 0.3) is 10.9 Å². The zero-order chi connectivity index (χ0) is 28.9. The number of piperidine rings is 1. The van der Waals surface area contributed by atoms with Gasteiger partial charge in [-0.2, -0.15) is 0 Å². The van der Waals surface area contributed by atoms with E-state index in [0.717, 1.165) is 27.8 Å². The summed E-state index contributed by atoms with van der Waals surface area (Å²) in [5.74, 6) is 0.0668. The van der Waals surface area contributed by atoms with Crippen molar-refractivity contribution in [3.05, 3.63) is 59.0 Å². The van der Waals surface area contributed by atoms with Crippen LogP contribution in [0, 0.1) is 0 Å². The molecule has 2 aliphatic heterocycles. The smallest absolute Gasteiger partial charge is 0.410 e. The lowest BCUT2D eigenvalue weighted by atomic mass is 9.74. The molecule has 0 saturated carbocycles. The van der Waals surface area contributed by atoms with Crippen LogP contribution in [0.4, 0.5) is 10.5 Å². The van der Waals surface area contributed by atoms with Gasteiger partial charge in [0.05, 0.1) is 29.6 Å². The minimum Gasteiger partial charge on any atom is -0.444 e. The van der Waals surface area contributed by atoms with Crippen LogP contribution in [0.2, 0.25) is 5.02 Å². The van der Waals surface area contributed by atoms with Gasteiger partial charge in [-0.3, -0.25) is 9.78 Å². The minimum absolute atomic E-state index is 0.00897. The summed E-state index contributed by atoms with van der Waals surface area (Å²) in [5, 5.41) is 1.54. The number of amides is 2. The lowest BCUT2D eigenvalue weighted by Crippen LogP contribution is -2.50. The number of carbonyl (C=O) groups is 2. The molecule has 2 aliphatic rings. The van der Waals surface area contributed by atoms with Gasteiger partial charge in [-0.15, -0.1) is 0 Å². The molecular formula is C29H35ClN4O5S. The zero-order valence-electron chi connectivity index (χ0n) is 23.3. The molecule has 1 spiro atoms. The van der Waals surface area contributed by atoms with E-state index in [1.54, 1.807) is 22.2 Å². The molecule has 9 nitrogen and oxygen atoms in total. The van der Waals surface area contributed by atoms with Crippen molar-refractivity contribution in [1.29, 1.82) is 0 Å². The third-order valence-electron chi connectivity index (χ3n) is 7.70. The lowest BCUT2D eigenvalue weighted by Gasteiger charge is -2.38. The molecule has 1 fully saturated rings. The maximum atomic E-state index is 14.2. The molecule has 0 bridgehead atoms. The van der Waals surface area contributed by atoms with Gasteiger partial charge in [-0.1, -0.05) is 11.6 Å². The second-order valence-electron chi connectivity index (χ2n) is 11.8. The predicted molar refractivity (Wildman–Crippen MR) is 155 cm³/mol. The van der Waals surface area contributed by atoms with Crippen LogP contribution in [0.1, 0.15) is 51.3 Å². The standard InChI is InChI=1S/C29H35ClN4O5S/c1-28(2,3)39-27(36)32-13-9-29(10-14-32)23-8-11-31-18-25(23)34(26(29)35)19-22-17-20-16-21(30)6-7-24(20)33(22)12-5-15-40(4,37)38/h6-8,11,16-18H,5,9-10,12-15,19H2,1-4H3. The number of hydrogen-bond acceptors (Lipinski definition) is 6. The average Bonchev–Trinajstić information content (AvgIpc) is 3.31. The Morgan fingerprint density at radius 1 is 1.15 bits per heavy atom. The van der Waals surface area contributed by atoms with Gasteiger partial charge >= 0.3 is 6.09 Å². The number of benzene rings is 1. The largest absolute Gasteiger partial charge is 0.444 e. The second kappa shape index (κ2) is 10.4. The molecule has 1 aromatic carbocycles. The van der Waals surface area contributed by atoms with Crippen LogP contribution < -0.4 is 4.90 Å². The highest BCUT2D eigenvalue weighted by atomic mass is 35.5. The summed E-state index contributed by atoms with van der Waals surface area (Å²) < 4.78 is 31.2. The Hall–Kier alpha value is -3.11. The van der Waals surface area contributed by atoms with E-state index in [9.17, 15) is 18.0 Å². The number of ether oxygens (including phenoxy) is 1. The van der Waals surface area contributed by atoms with Crippen molar-refractivity contribution >= 4 is 50.0 Å². The Balaban J connectivity index is 1.44. The molecule has 2 aromatic heterocycles. The highest BCUT2D eigenvalue weighted by Gasteiger charge is 2.53. The van der Waals surface area contributed by atoms with E-state index < -0.39 is 20.9 Å². The molecule has 0 N–H and O–H groups in total. The molecule has 4 heterocycles. The number of hydrogen-bond donors (Lipinski definition) is 0. The Labute approximate surface area is 240 Å². The van der Waals surface area contributed by atoms with Gasteiger partial charge in [-0.05, 0) is 75.9 Å². The van der Waals surface area contributed by atoms with Crippen LogP contribution in [-0.4, -0.2) is 65.6 Å². The number of pyridine rings is 1. The number of halogens is 1. The molecule has 214 valence electrons. The lowest BCUT2D eigenvalue weighted by molar-refractivity contribution is -0.125. The normalized spacial score (nSPS) is 17.1. The van der Waals surface area contributed by atoms with Gasteiger partial charge in [0.25, 0.3) is 0 Å². The van der Waals surface area contributed by atoms with E-state index in [-0.39, 0.29) is 17.8 Å². The van der Waals surface area contributed by atoms with Crippen molar-refractivity contribution in [2.45, 2.75) is 64.1 Å². The van der Waals surface area contributed by atoms with E-state index in [4.69, 9.17) is 16.3 Å². The first-order valence-electron chi connectivity index (χ1n) is 13.5. The van der Waals surface area contributed by atoms with E-state index in [1.807, 2.05) is 51.1 Å². The number of aryl methyl sites for hydroxylation is 1. The summed E-state index contributed by atoms with van der Waals surface area (Å²) >= 11 is 6.27. The highest BCUT2D eigenvalue weighted by Crippen LogP contribution is 2.48. The first kappa shape index (κ1) is 28.4. The maximum Gasteiger partial charge on any atom is 0.410 e. The van der Waals surface area contributed by atoms with Gasteiger partial charge in [0.2, 0.25) is 5.91 Å². The fraction of sp³-hybridized carbons (Fsp3) is 0.483. The van der Waals surface area contributed by atoms with Gasteiger partial charge in [0.1, 0.15) is 15.4 Å². The van der Waals surface area contributed by atoms with Crippen LogP contribution in [0.3, 0.4) is 0 Å². The Bertz CT molecular complexity index is 1570. The maximum absolute atomic E-state index is 14.2. The summed E-state index contributed by atoms with van der Waals surface area (Å²) in [5.41, 5.74) is 2.19. The fourth-order valence-corrected chi connectivity index (χ4v) is 6.70. The molecule has 1 saturated heterocycles. The van der Waals surface area contributed by atoms with Gasteiger partial charge in [0.15, 0.2) is 0 Å². The third-order valence-corrected chi connectivity index (χ3v) is 8.96. The molecule has 5 rings (SSSR count). The molecule has 0 unspecified atom stereocenters. The van der Waals surface area contributed by atoms with Gasteiger partial charge in [0, 0.05) is 53.7 Å². The molecule has 2 amide bonds. The molecule has 0 atom stereocenters. The Morgan fingerprint density at radius 3 is 2.55 bits per heavy atom. The molecule has 40 heavy (non-hydrogen) atoms. The molecule has 3 aromatic rings. The van der Waals surface area contributed by atoms with E-state index in [0.29, 0.717) is 50.5 Å². The summed E-state index contributed by atoms with van der Waals surface area (Å²) in [6, 6.07) is 9.55. The number of sulfone groups is 1. The van der Waals surface area contributed by atoms with Gasteiger partial charge < -0.3 is 19.1 Å². The number of rotatable bonds is 6. The monoisotopic (exact) mass is 586 g/mol. The minimum atomic E-state index is -3.11. The molecule has 11 heteroatoms. The predicted octanol–water partition coefficient (Wildman–Crippen LogP) is 4.94. The van der Waals surface area contributed by atoms with Crippen LogP contribution >= 0.6 is 11.6 Å². The molecule has 0 aliphatic carbocycles. The van der Waals surface area contributed by atoms with Crippen molar-refractivity contribution in [3.8, 4) is 0 Å². The van der Waals surface area contributed by atoms with Crippen LogP contribution in [0.15, 0.2) is 42.7 Å². The summed E-state index contributed by atoms with van der Waals surface area (Å²) in [4.78, 5) is 34.7. The quantitative estimate of drug-likeness (QED) is 0.405. The van der Waals surface area contributed by atoms with Crippen molar-refractivity contribution in [3.63, 3.8) is 0 Å². The number of nitrogens with zero attached hydrogens (tertiary/aromatic N) is 4. The Morgan fingerprint density at radius 2 is 1.88 bits per heavy atom. The number of carbonyl (C=O) groups excluding carboxylic acids is 2. The van der Waals surface area contributed by atoms with E-state index in [2.05, 4.69) is 9.55 Å². The van der Waals surface area contributed by atoms with E-state index >= 15 is 0 Å². The van der Waals surface area contributed by atoms with Crippen LogP contribution in [0.5, 0.6) is 0 Å². The van der Waals surface area contributed by atoms with Crippen molar-refractivity contribution in [1.82, 2.24) is 14.5 Å². The van der Waals surface area contributed by atoms with Crippen LogP contribution in [-0.2, 0) is 37.9 Å². The SMILES string of the molecule is CC(C)(C)OC(=O)N1CCC2(CC1)C(=O)N(Cc1cc3cc(Cl)ccc3n1CCCS(C)(=O)=O)c1cnccc12. The summed E-state index contributed by atoms with van der Waals surface area (Å²) in [6.45, 7) is 7.15. The van der Waals surface area contributed by atoms with Gasteiger partial charge in [-0.25, -0.2) is 13.2 Å². The Kier molecular flexibility index (Phi) is 7.37. The first-order valence-corrected chi connectivity index (χ1v) is 15.9. The van der Waals surface area contributed by atoms with Crippen molar-refractivity contribution < 1.29 is 22.7 Å². The third kappa shape index (κ3) is 5.56. The number of likely N-dealkylation sites (tertiary alicyclic amines) is 1. The second-order valence-corrected chi connectivity index (χ2v) is 14.5. The summed E-state index contributed by atoms with van der Waals surface area (Å²) in [7, 11) is -3.11. The highest BCUT2D eigenvalue weighted by molar-refractivity contribution is 7.90. The first-order chi connectivity index (χ1) is 18.8. The average molecular weight is 587 g/mol. The number of anilines is 1. The molecule has 0 radical (unpaired) electrons. The van der Waals surface area contributed by atoms with E-state index in [1.165, 1.54) is 6.26 Å². The molecular weight excluding hydrogens is 552 g/mol. The zero-order valence-corrected chi connectivity index (χ0v) is 24.9. The van der Waals surface area contributed by atoms with Crippen molar-refractivity contribution in [2.24, 2.45) is 0 Å². The fourth-order valence-electron chi connectivity index (χ4n) is 5.87. The number of fused-ring (bicyclic) bond motifs is 3.